The minimum Gasteiger partial charge on any atom is -0.396 e. The van der Waals surface area contributed by atoms with Crippen LogP contribution < -0.4 is 10.6 Å². The van der Waals surface area contributed by atoms with Crippen molar-refractivity contribution in [3.63, 3.8) is 0 Å². The number of amides is 2. The molecule has 0 heterocycles. The van der Waals surface area contributed by atoms with Gasteiger partial charge in [-0.1, -0.05) is 6.92 Å². The average Bonchev–Trinajstić information content (AvgIpc) is 2.88. The SMILES string of the molecule is CC[C@@](C)(CCO)NC(=O)NC1CC1. The van der Waals surface area contributed by atoms with E-state index >= 15 is 0 Å². The second-order valence-corrected chi connectivity index (χ2v) is 4.26. The summed E-state index contributed by atoms with van der Waals surface area (Å²) in [5.41, 5.74) is -0.284. The monoisotopic (exact) mass is 200 g/mol. The van der Waals surface area contributed by atoms with Crippen LogP contribution in [0.4, 0.5) is 4.79 Å². The van der Waals surface area contributed by atoms with E-state index in [1.165, 1.54) is 0 Å². The van der Waals surface area contributed by atoms with Gasteiger partial charge >= 0.3 is 6.03 Å². The van der Waals surface area contributed by atoms with Crippen molar-refractivity contribution in [2.24, 2.45) is 0 Å². The molecule has 0 radical (unpaired) electrons. The van der Waals surface area contributed by atoms with E-state index in [0.717, 1.165) is 19.3 Å². The van der Waals surface area contributed by atoms with Gasteiger partial charge in [0.2, 0.25) is 0 Å². The smallest absolute Gasteiger partial charge is 0.315 e. The number of carbonyl (C=O) groups is 1. The van der Waals surface area contributed by atoms with E-state index in [-0.39, 0.29) is 18.2 Å². The number of hydrogen-bond donors (Lipinski definition) is 3. The maximum Gasteiger partial charge on any atom is 0.315 e. The lowest BCUT2D eigenvalue weighted by Gasteiger charge is -2.28. The van der Waals surface area contributed by atoms with E-state index in [4.69, 9.17) is 5.11 Å². The molecular weight excluding hydrogens is 180 g/mol. The zero-order valence-corrected chi connectivity index (χ0v) is 8.97. The Morgan fingerprint density at radius 3 is 2.64 bits per heavy atom. The molecule has 1 atom stereocenters. The molecule has 3 N–H and O–H groups in total. The van der Waals surface area contributed by atoms with Gasteiger partial charge in [-0.3, -0.25) is 0 Å². The predicted octanol–water partition coefficient (Wildman–Crippen LogP) is 0.999. The number of urea groups is 1. The Balaban J connectivity index is 2.33. The van der Waals surface area contributed by atoms with E-state index in [2.05, 4.69) is 10.6 Å². The Hall–Kier alpha value is -0.770. The second-order valence-electron chi connectivity index (χ2n) is 4.26. The van der Waals surface area contributed by atoms with Crippen LogP contribution in [0.15, 0.2) is 0 Å². The van der Waals surface area contributed by atoms with Gasteiger partial charge in [0.05, 0.1) is 0 Å². The van der Waals surface area contributed by atoms with Crippen LogP contribution in [0.25, 0.3) is 0 Å². The fourth-order valence-electron chi connectivity index (χ4n) is 1.30. The van der Waals surface area contributed by atoms with Crippen LogP contribution >= 0.6 is 0 Å². The molecule has 1 rings (SSSR count). The normalized spacial score (nSPS) is 19.9. The molecule has 4 nitrogen and oxygen atoms in total. The molecule has 82 valence electrons. The number of nitrogens with one attached hydrogen (secondary N) is 2. The highest BCUT2D eigenvalue weighted by molar-refractivity contribution is 5.75. The highest BCUT2D eigenvalue weighted by Gasteiger charge is 2.27. The molecule has 1 fully saturated rings. The molecular formula is C10H20N2O2. The van der Waals surface area contributed by atoms with Crippen LogP contribution in [0, 0.1) is 0 Å². The summed E-state index contributed by atoms with van der Waals surface area (Å²) in [5.74, 6) is 0. The Bertz CT molecular complexity index is 204. The third-order valence-electron chi connectivity index (χ3n) is 2.77. The van der Waals surface area contributed by atoms with Gasteiger partial charge < -0.3 is 15.7 Å². The lowest BCUT2D eigenvalue weighted by atomic mass is 9.95. The lowest BCUT2D eigenvalue weighted by molar-refractivity contribution is 0.200. The first-order valence-corrected chi connectivity index (χ1v) is 5.29. The van der Waals surface area contributed by atoms with Gasteiger partial charge in [-0.15, -0.1) is 0 Å². The van der Waals surface area contributed by atoms with Crippen LogP contribution in [0.2, 0.25) is 0 Å². The molecule has 1 aliphatic rings. The van der Waals surface area contributed by atoms with E-state index in [0.29, 0.717) is 12.5 Å². The quantitative estimate of drug-likeness (QED) is 0.620. The van der Waals surface area contributed by atoms with Crippen LogP contribution in [-0.2, 0) is 0 Å². The van der Waals surface area contributed by atoms with Gasteiger partial charge in [-0.25, -0.2) is 4.79 Å². The van der Waals surface area contributed by atoms with Crippen LogP contribution in [-0.4, -0.2) is 29.3 Å². The molecule has 0 bridgehead atoms. The van der Waals surface area contributed by atoms with Crippen molar-refractivity contribution in [1.29, 1.82) is 0 Å². The summed E-state index contributed by atoms with van der Waals surface area (Å²) >= 11 is 0. The first kappa shape index (κ1) is 11.3. The van der Waals surface area contributed by atoms with Crippen molar-refractivity contribution in [1.82, 2.24) is 10.6 Å². The molecule has 0 aromatic heterocycles. The first-order chi connectivity index (χ1) is 6.59. The van der Waals surface area contributed by atoms with Crippen molar-refractivity contribution >= 4 is 6.03 Å². The summed E-state index contributed by atoms with van der Waals surface area (Å²) in [5, 5.41) is 14.6. The Morgan fingerprint density at radius 2 is 2.21 bits per heavy atom. The summed E-state index contributed by atoms with van der Waals surface area (Å²) in [6.07, 6.45) is 3.61. The van der Waals surface area contributed by atoms with Crippen LogP contribution in [0.5, 0.6) is 0 Å². The summed E-state index contributed by atoms with van der Waals surface area (Å²) in [4.78, 5) is 11.4. The average molecular weight is 200 g/mol. The van der Waals surface area contributed by atoms with Gasteiger partial charge in [0.1, 0.15) is 0 Å². The van der Waals surface area contributed by atoms with E-state index in [1.807, 2.05) is 13.8 Å². The van der Waals surface area contributed by atoms with Crippen LogP contribution in [0.1, 0.15) is 39.5 Å². The van der Waals surface area contributed by atoms with Gasteiger partial charge in [0.15, 0.2) is 0 Å². The number of hydrogen-bond acceptors (Lipinski definition) is 2. The van der Waals surface area contributed by atoms with Gasteiger partial charge in [0.25, 0.3) is 0 Å². The van der Waals surface area contributed by atoms with Crippen molar-refractivity contribution < 1.29 is 9.90 Å². The number of rotatable bonds is 5. The molecule has 0 aromatic carbocycles. The summed E-state index contributed by atoms with van der Waals surface area (Å²) in [7, 11) is 0. The number of aliphatic hydroxyl groups is 1. The van der Waals surface area contributed by atoms with E-state index < -0.39 is 0 Å². The third-order valence-corrected chi connectivity index (χ3v) is 2.77. The van der Waals surface area contributed by atoms with E-state index in [9.17, 15) is 4.79 Å². The van der Waals surface area contributed by atoms with Crippen molar-refractivity contribution in [3.8, 4) is 0 Å². The molecule has 0 saturated heterocycles. The molecule has 1 aliphatic carbocycles. The summed E-state index contributed by atoms with van der Waals surface area (Å²) < 4.78 is 0. The Morgan fingerprint density at radius 1 is 1.57 bits per heavy atom. The molecule has 1 saturated carbocycles. The minimum atomic E-state index is -0.284. The highest BCUT2D eigenvalue weighted by Crippen LogP contribution is 2.19. The topological polar surface area (TPSA) is 61.4 Å². The Kier molecular flexibility index (Phi) is 3.75. The highest BCUT2D eigenvalue weighted by atomic mass is 16.3. The molecule has 0 spiro atoms. The number of aliphatic hydroxyl groups excluding tert-OH is 1. The van der Waals surface area contributed by atoms with Crippen molar-refractivity contribution in [3.05, 3.63) is 0 Å². The molecule has 2 amide bonds. The zero-order chi connectivity index (χ0) is 10.6. The summed E-state index contributed by atoms with van der Waals surface area (Å²) in [6.45, 7) is 4.07. The predicted molar refractivity (Wildman–Crippen MR) is 55.1 cm³/mol. The molecule has 0 aromatic rings. The van der Waals surface area contributed by atoms with Gasteiger partial charge in [0, 0.05) is 18.2 Å². The zero-order valence-electron chi connectivity index (χ0n) is 8.97. The lowest BCUT2D eigenvalue weighted by Crippen LogP contribution is -2.50. The molecule has 14 heavy (non-hydrogen) atoms. The minimum absolute atomic E-state index is 0.105. The second kappa shape index (κ2) is 4.64. The van der Waals surface area contributed by atoms with E-state index in [1.54, 1.807) is 0 Å². The largest absolute Gasteiger partial charge is 0.396 e. The molecule has 4 heteroatoms. The van der Waals surface area contributed by atoms with Gasteiger partial charge in [-0.05, 0) is 32.6 Å². The fourth-order valence-corrected chi connectivity index (χ4v) is 1.30. The molecule has 0 aliphatic heterocycles. The van der Waals surface area contributed by atoms with Crippen LogP contribution in [0.3, 0.4) is 0 Å². The third kappa shape index (κ3) is 3.54. The maximum atomic E-state index is 11.4. The van der Waals surface area contributed by atoms with Gasteiger partial charge in [-0.2, -0.15) is 0 Å². The molecule has 0 unspecified atom stereocenters. The number of carbonyl (C=O) groups excluding carboxylic acids is 1. The first-order valence-electron chi connectivity index (χ1n) is 5.29. The van der Waals surface area contributed by atoms with Crippen molar-refractivity contribution in [2.45, 2.75) is 51.1 Å². The Labute approximate surface area is 85.1 Å². The maximum absolute atomic E-state index is 11.4. The standard InChI is InChI=1S/C10H20N2O2/c1-3-10(2,6-7-13)12-9(14)11-8-4-5-8/h8,13H,3-7H2,1-2H3,(H2,11,12,14)/t10-/m0/s1. The fraction of sp³-hybridized carbons (Fsp3) is 0.900. The summed E-state index contributed by atoms with van der Waals surface area (Å²) in [6, 6.07) is 0.274. The van der Waals surface area contributed by atoms with Crippen molar-refractivity contribution in [2.75, 3.05) is 6.61 Å².